The van der Waals surface area contributed by atoms with Gasteiger partial charge in [0.1, 0.15) is 11.9 Å². The molecule has 7 heteroatoms. The first-order chi connectivity index (χ1) is 14.7. The number of rotatable bonds is 7. The van der Waals surface area contributed by atoms with Crippen LogP contribution in [0.3, 0.4) is 0 Å². The molecule has 0 spiro atoms. The highest BCUT2D eigenvalue weighted by molar-refractivity contribution is 5.84. The van der Waals surface area contributed by atoms with E-state index < -0.39 is 0 Å². The zero-order chi connectivity index (χ0) is 20.8. The SMILES string of the molecule is COc1cncc(OC2CCC(NC(=O)COc3ccc4ccccc4c3)CC2)n1. The molecule has 0 radical (unpaired) electrons. The quantitative estimate of drug-likeness (QED) is 0.645. The van der Waals surface area contributed by atoms with Crippen molar-refractivity contribution in [2.75, 3.05) is 13.7 Å². The molecule has 2 aromatic carbocycles. The lowest BCUT2D eigenvalue weighted by atomic mass is 9.93. The number of fused-ring (bicyclic) bond motifs is 1. The van der Waals surface area contributed by atoms with E-state index in [0.29, 0.717) is 17.5 Å². The van der Waals surface area contributed by atoms with Crippen molar-refractivity contribution in [2.45, 2.75) is 37.8 Å². The molecule has 1 fully saturated rings. The summed E-state index contributed by atoms with van der Waals surface area (Å²) in [5, 5.41) is 5.30. The lowest BCUT2D eigenvalue weighted by molar-refractivity contribution is -0.124. The zero-order valence-corrected chi connectivity index (χ0v) is 16.9. The molecule has 0 bridgehead atoms. The molecule has 1 N–H and O–H groups in total. The maximum atomic E-state index is 12.3. The first-order valence-corrected chi connectivity index (χ1v) is 10.1. The summed E-state index contributed by atoms with van der Waals surface area (Å²) in [6, 6.07) is 14.0. The summed E-state index contributed by atoms with van der Waals surface area (Å²) in [6.45, 7) is 0.00810. The van der Waals surface area contributed by atoms with Crippen LogP contribution < -0.4 is 19.5 Å². The summed E-state index contributed by atoms with van der Waals surface area (Å²) in [4.78, 5) is 20.6. The predicted octanol–water partition coefficient (Wildman–Crippen LogP) is 3.52. The number of nitrogens with zero attached hydrogens (tertiary/aromatic N) is 2. The normalized spacial score (nSPS) is 18.6. The number of hydrogen-bond donors (Lipinski definition) is 1. The van der Waals surface area contributed by atoms with Crippen molar-refractivity contribution in [1.82, 2.24) is 15.3 Å². The minimum absolute atomic E-state index is 0.00810. The van der Waals surface area contributed by atoms with Crippen molar-refractivity contribution in [3.63, 3.8) is 0 Å². The molecular formula is C23H25N3O4. The van der Waals surface area contributed by atoms with Gasteiger partial charge in [0.05, 0.1) is 19.5 Å². The Balaban J connectivity index is 1.21. The van der Waals surface area contributed by atoms with Crippen molar-refractivity contribution in [3.05, 3.63) is 54.9 Å². The average molecular weight is 407 g/mol. The Morgan fingerprint density at radius 1 is 1.03 bits per heavy atom. The first-order valence-electron chi connectivity index (χ1n) is 10.1. The number of hydrogen-bond acceptors (Lipinski definition) is 6. The standard InChI is InChI=1S/C23H25N3O4/c1-28-22-13-24-14-23(26-22)30-19-10-7-18(8-11-19)25-21(27)15-29-20-9-6-16-4-2-3-5-17(16)12-20/h2-6,9,12-14,18-19H,7-8,10-11,15H2,1H3,(H,25,27). The predicted molar refractivity (Wildman–Crippen MR) is 113 cm³/mol. The lowest BCUT2D eigenvalue weighted by Crippen LogP contribution is -2.41. The van der Waals surface area contributed by atoms with Crippen LogP contribution in [0.5, 0.6) is 17.5 Å². The molecule has 0 atom stereocenters. The molecule has 1 aliphatic rings. The zero-order valence-electron chi connectivity index (χ0n) is 16.9. The topological polar surface area (TPSA) is 82.6 Å². The number of aromatic nitrogens is 2. The van der Waals surface area contributed by atoms with Gasteiger partial charge >= 0.3 is 0 Å². The summed E-state index contributed by atoms with van der Waals surface area (Å²) in [7, 11) is 1.55. The average Bonchev–Trinajstić information content (AvgIpc) is 2.79. The second kappa shape index (κ2) is 9.43. The smallest absolute Gasteiger partial charge is 0.258 e. The minimum Gasteiger partial charge on any atom is -0.484 e. The van der Waals surface area contributed by atoms with E-state index in [9.17, 15) is 4.79 Å². The second-order valence-electron chi connectivity index (χ2n) is 7.36. The number of carbonyl (C=O) groups excluding carboxylic acids is 1. The molecule has 1 aromatic heterocycles. The van der Waals surface area contributed by atoms with E-state index in [-0.39, 0.29) is 24.7 Å². The summed E-state index contributed by atoms with van der Waals surface area (Å²) in [5.74, 6) is 1.48. The van der Waals surface area contributed by atoms with Crippen molar-refractivity contribution >= 4 is 16.7 Å². The fourth-order valence-corrected chi connectivity index (χ4v) is 3.66. The number of amides is 1. The molecule has 0 saturated heterocycles. The Labute approximate surface area is 175 Å². The maximum absolute atomic E-state index is 12.3. The highest BCUT2D eigenvalue weighted by Gasteiger charge is 2.24. The van der Waals surface area contributed by atoms with E-state index in [1.54, 1.807) is 19.5 Å². The Hall–Kier alpha value is -3.35. The van der Waals surface area contributed by atoms with Gasteiger partial charge in [0, 0.05) is 6.04 Å². The third-order valence-electron chi connectivity index (χ3n) is 5.22. The van der Waals surface area contributed by atoms with Crippen LogP contribution in [0.25, 0.3) is 10.8 Å². The molecular weight excluding hydrogens is 382 g/mol. The van der Waals surface area contributed by atoms with Gasteiger partial charge in [-0.2, -0.15) is 4.98 Å². The van der Waals surface area contributed by atoms with Gasteiger partial charge in [-0.25, -0.2) is 0 Å². The van der Waals surface area contributed by atoms with Crippen LogP contribution in [0.4, 0.5) is 0 Å². The van der Waals surface area contributed by atoms with Gasteiger partial charge in [-0.15, -0.1) is 0 Å². The van der Waals surface area contributed by atoms with Gasteiger partial charge in [-0.05, 0) is 48.6 Å². The van der Waals surface area contributed by atoms with E-state index >= 15 is 0 Å². The van der Waals surface area contributed by atoms with Gasteiger partial charge in [0.15, 0.2) is 6.61 Å². The van der Waals surface area contributed by atoms with Crippen molar-refractivity contribution in [3.8, 4) is 17.5 Å². The number of benzene rings is 2. The Morgan fingerprint density at radius 2 is 1.80 bits per heavy atom. The van der Waals surface area contributed by atoms with Crippen LogP contribution in [0, 0.1) is 0 Å². The third-order valence-corrected chi connectivity index (χ3v) is 5.22. The Kier molecular flexibility index (Phi) is 6.27. The summed E-state index contributed by atoms with van der Waals surface area (Å²) >= 11 is 0. The molecule has 3 aromatic rings. The molecule has 1 aliphatic carbocycles. The molecule has 0 aliphatic heterocycles. The monoisotopic (exact) mass is 407 g/mol. The number of carbonyl (C=O) groups is 1. The van der Waals surface area contributed by atoms with Crippen LogP contribution in [0.15, 0.2) is 54.9 Å². The van der Waals surface area contributed by atoms with Crippen molar-refractivity contribution in [2.24, 2.45) is 0 Å². The van der Waals surface area contributed by atoms with Gasteiger partial charge in [0.2, 0.25) is 11.8 Å². The lowest BCUT2D eigenvalue weighted by Gasteiger charge is -2.29. The van der Waals surface area contributed by atoms with Crippen LogP contribution in [0.2, 0.25) is 0 Å². The highest BCUT2D eigenvalue weighted by atomic mass is 16.5. The van der Waals surface area contributed by atoms with Crippen molar-refractivity contribution in [1.29, 1.82) is 0 Å². The molecule has 4 rings (SSSR count). The minimum atomic E-state index is -0.105. The fraction of sp³-hybridized carbons (Fsp3) is 0.348. The second-order valence-corrected chi connectivity index (χ2v) is 7.36. The van der Waals surface area contributed by atoms with Gasteiger partial charge in [-0.3, -0.25) is 9.78 Å². The van der Waals surface area contributed by atoms with Crippen LogP contribution >= 0.6 is 0 Å². The molecule has 156 valence electrons. The van der Waals surface area contributed by atoms with Gasteiger partial charge in [0.25, 0.3) is 5.91 Å². The summed E-state index contributed by atoms with van der Waals surface area (Å²) in [6.07, 6.45) is 6.58. The van der Waals surface area contributed by atoms with Crippen LogP contribution in [-0.2, 0) is 4.79 Å². The Bertz CT molecular complexity index is 1000. The van der Waals surface area contributed by atoms with Crippen molar-refractivity contribution < 1.29 is 19.0 Å². The molecule has 1 heterocycles. The molecule has 1 saturated carbocycles. The van der Waals surface area contributed by atoms with E-state index in [0.717, 1.165) is 36.5 Å². The van der Waals surface area contributed by atoms with E-state index in [2.05, 4.69) is 15.3 Å². The largest absolute Gasteiger partial charge is 0.484 e. The number of nitrogens with one attached hydrogen (secondary N) is 1. The Morgan fingerprint density at radius 3 is 2.60 bits per heavy atom. The maximum Gasteiger partial charge on any atom is 0.258 e. The third kappa shape index (κ3) is 5.17. The van der Waals surface area contributed by atoms with Crippen LogP contribution in [0.1, 0.15) is 25.7 Å². The van der Waals surface area contributed by atoms with Gasteiger partial charge in [-0.1, -0.05) is 30.3 Å². The first kappa shape index (κ1) is 19.9. The molecule has 1 amide bonds. The fourth-order valence-electron chi connectivity index (χ4n) is 3.66. The molecule has 30 heavy (non-hydrogen) atoms. The highest BCUT2D eigenvalue weighted by Crippen LogP contribution is 2.24. The molecule has 7 nitrogen and oxygen atoms in total. The van der Waals surface area contributed by atoms with E-state index in [4.69, 9.17) is 14.2 Å². The van der Waals surface area contributed by atoms with E-state index in [1.165, 1.54) is 0 Å². The number of methoxy groups -OCH3 is 1. The van der Waals surface area contributed by atoms with Gasteiger partial charge < -0.3 is 19.5 Å². The summed E-state index contributed by atoms with van der Waals surface area (Å²) in [5.41, 5.74) is 0. The van der Waals surface area contributed by atoms with Crippen LogP contribution in [-0.4, -0.2) is 41.7 Å². The van der Waals surface area contributed by atoms with E-state index in [1.807, 2.05) is 42.5 Å². The number of ether oxygens (including phenoxy) is 3. The summed E-state index contributed by atoms with van der Waals surface area (Å²) < 4.78 is 16.6. The molecule has 0 unspecified atom stereocenters.